The molecule has 1 atom stereocenters. The predicted molar refractivity (Wildman–Crippen MR) is 65.0 cm³/mol. The van der Waals surface area contributed by atoms with Gasteiger partial charge >= 0.3 is 5.97 Å². The zero-order valence-electron chi connectivity index (χ0n) is 10.5. The van der Waals surface area contributed by atoms with E-state index >= 15 is 0 Å². The molecule has 0 saturated heterocycles. The van der Waals surface area contributed by atoms with Crippen molar-refractivity contribution in [1.29, 1.82) is 0 Å². The summed E-state index contributed by atoms with van der Waals surface area (Å²) in [4.78, 5) is 33.2. The van der Waals surface area contributed by atoms with Crippen LogP contribution < -0.4 is 10.1 Å². The quantitative estimate of drug-likeness (QED) is 0.646. The van der Waals surface area contributed by atoms with Crippen molar-refractivity contribution in [3.05, 3.63) is 29.8 Å². The summed E-state index contributed by atoms with van der Waals surface area (Å²) in [5.74, 6) is -0.450. The average molecular weight is 249 g/mol. The van der Waals surface area contributed by atoms with E-state index in [2.05, 4.69) is 5.32 Å². The van der Waals surface area contributed by atoms with Gasteiger partial charge < -0.3 is 10.1 Å². The summed E-state index contributed by atoms with van der Waals surface area (Å²) in [6.45, 7) is 4.06. The summed E-state index contributed by atoms with van der Waals surface area (Å²) in [6, 6.07) is 5.76. The molecule has 0 heterocycles. The Kier molecular flexibility index (Phi) is 4.59. The number of esters is 1. The molecule has 1 rings (SSSR count). The van der Waals surface area contributed by atoms with Crippen LogP contribution >= 0.6 is 0 Å². The van der Waals surface area contributed by atoms with Crippen molar-refractivity contribution in [2.24, 2.45) is 0 Å². The van der Waals surface area contributed by atoms with Crippen molar-refractivity contribution in [3.63, 3.8) is 0 Å². The van der Waals surface area contributed by atoms with Crippen LogP contribution in [0.1, 0.15) is 32.4 Å². The van der Waals surface area contributed by atoms with Crippen LogP contribution in [-0.4, -0.2) is 17.7 Å². The fourth-order valence-corrected chi connectivity index (χ4v) is 1.52. The highest BCUT2D eigenvalue weighted by atomic mass is 16.5. The lowest BCUT2D eigenvalue weighted by atomic mass is 10.0. The summed E-state index contributed by atoms with van der Waals surface area (Å²) in [6.07, 6.45) is 0. The lowest BCUT2D eigenvalue weighted by molar-refractivity contribution is -0.131. The van der Waals surface area contributed by atoms with Gasteiger partial charge in [0.15, 0.2) is 5.78 Å². The van der Waals surface area contributed by atoms with Crippen molar-refractivity contribution in [1.82, 2.24) is 5.32 Å². The van der Waals surface area contributed by atoms with Gasteiger partial charge in [-0.15, -0.1) is 0 Å². The highest BCUT2D eigenvalue weighted by Crippen LogP contribution is 2.18. The van der Waals surface area contributed by atoms with Crippen molar-refractivity contribution in [2.75, 3.05) is 0 Å². The first-order valence-electron chi connectivity index (χ1n) is 5.46. The molecule has 0 bridgehead atoms. The highest BCUT2D eigenvalue weighted by Gasteiger charge is 2.17. The number of hydrogen-bond acceptors (Lipinski definition) is 4. The molecule has 1 aromatic carbocycles. The van der Waals surface area contributed by atoms with Crippen LogP contribution in [0.15, 0.2) is 24.3 Å². The third-order valence-electron chi connectivity index (χ3n) is 2.23. The highest BCUT2D eigenvalue weighted by molar-refractivity contribution is 5.87. The molecule has 1 aromatic rings. The molecule has 5 heteroatoms. The fraction of sp³-hybridized carbons (Fsp3) is 0.308. The van der Waals surface area contributed by atoms with Gasteiger partial charge in [-0.3, -0.25) is 14.4 Å². The van der Waals surface area contributed by atoms with Gasteiger partial charge in [-0.25, -0.2) is 0 Å². The number of rotatable bonds is 4. The first-order valence-corrected chi connectivity index (χ1v) is 5.46. The van der Waals surface area contributed by atoms with Crippen molar-refractivity contribution in [2.45, 2.75) is 26.8 Å². The Hall–Kier alpha value is -2.17. The molecule has 0 aliphatic heterocycles. The van der Waals surface area contributed by atoms with E-state index in [0.717, 1.165) is 0 Å². The predicted octanol–water partition coefficient (Wildman–Crippen LogP) is 1.38. The molecule has 96 valence electrons. The van der Waals surface area contributed by atoms with Gasteiger partial charge in [0.1, 0.15) is 11.8 Å². The number of nitrogens with one attached hydrogen (secondary N) is 1. The van der Waals surface area contributed by atoms with E-state index in [9.17, 15) is 14.4 Å². The summed E-state index contributed by atoms with van der Waals surface area (Å²) < 4.78 is 4.88. The van der Waals surface area contributed by atoms with Gasteiger partial charge in [-0.1, -0.05) is 12.1 Å². The van der Waals surface area contributed by atoms with Gasteiger partial charge in [0.25, 0.3) is 0 Å². The van der Waals surface area contributed by atoms with Gasteiger partial charge in [-0.2, -0.15) is 0 Å². The molecule has 0 saturated carbocycles. The van der Waals surface area contributed by atoms with Crippen LogP contribution in [0.5, 0.6) is 5.75 Å². The van der Waals surface area contributed by atoms with Crippen molar-refractivity contribution < 1.29 is 19.1 Å². The third-order valence-corrected chi connectivity index (χ3v) is 2.23. The largest absolute Gasteiger partial charge is 0.427 e. The Morgan fingerprint density at radius 2 is 1.61 bits per heavy atom. The molecule has 0 aromatic heterocycles. The molecule has 0 radical (unpaired) electrons. The third kappa shape index (κ3) is 4.01. The van der Waals surface area contributed by atoms with Gasteiger partial charge in [-0.05, 0) is 24.6 Å². The Morgan fingerprint density at radius 1 is 1.06 bits per heavy atom. The van der Waals surface area contributed by atoms with Crippen LogP contribution in [0.25, 0.3) is 0 Å². The Balaban J connectivity index is 2.90. The van der Waals surface area contributed by atoms with Crippen LogP contribution in [-0.2, 0) is 14.4 Å². The minimum Gasteiger partial charge on any atom is -0.427 e. The first-order chi connectivity index (χ1) is 8.40. The second kappa shape index (κ2) is 5.95. The maximum absolute atomic E-state index is 11.4. The standard InChI is InChI=1S/C13H15NO4/c1-8(15)13(14-9(2)16)11-4-6-12(7-5-11)18-10(3)17/h4-7,13H,1-3H3,(H,14,16). The number of ketones is 1. The molecule has 1 unspecified atom stereocenters. The smallest absolute Gasteiger partial charge is 0.308 e. The van der Waals surface area contributed by atoms with Crippen molar-refractivity contribution in [3.8, 4) is 5.75 Å². The molecule has 0 aliphatic rings. The number of carbonyl (C=O) groups excluding carboxylic acids is 3. The second-order valence-electron chi connectivity index (χ2n) is 3.91. The van der Waals surface area contributed by atoms with Crippen LogP contribution in [0.4, 0.5) is 0 Å². The maximum Gasteiger partial charge on any atom is 0.308 e. The molecule has 0 fully saturated rings. The van der Waals surface area contributed by atoms with Gasteiger partial charge in [0.2, 0.25) is 5.91 Å². The number of benzene rings is 1. The summed E-state index contributed by atoms with van der Waals surface area (Å²) >= 11 is 0. The van der Waals surface area contributed by atoms with E-state index in [4.69, 9.17) is 4.74 Å². The zero-order chi connectivity index (χ0) is 13.7. The SMILES string of the molecule is CC(=O)NC(C(C)=O)c1ccc(OC(C)=O)cc1. The monoisotopic (exact) mass is 249 g/mol. The van der Waals surface area contributed by atoms with Crippen LogP contribution in [0.2, 0.25) is 0 Å². The molecule has 5 nitrogen and oxygen atoms in total. The number of carbonyl (C=O) groups is 3. The number of amides is 1. The van der Waals surface area contributed by atoms with E-state index in [1.807, 2.05) is 0 Å². The fourth-order valence-electron chi connectivity index (χ4n) is 1.52. The molecular formula is C13H15NO4. The minimum absolute atomic E-state index is 0.162. The second-order valence-corrected chi connectivity index (χ2v) is 3.91. The summed E-state index contributed by atoms with van der Waals surface area (Å²) in [5.41, 5.74) is 0.647. The van der Waals surface area contributed by atoms with E-state index in [-0.39, 0.29) is 11.7 Å². The zero-order valence-corrected chi connectivity index (χ0v) is 10.5. The molecular weight excluding hydrogens is 234 g/mol. The van der Waals surface area contributed by atoms with E-state index in [1.54, 1.807) is 24.3 Å². The number of ether oxygens (including phenoxy) is 1. The topological polar surface area (TPSA) is 72.5 Å². The van der Waals surface area contributed by atoms with Crippen molar-refractivity contribution >= 4 is 17.7 Å². The molecule has 0 aliphatic carbocycles. The average Bonchev–Trinajstić information content (AvgIpc) is 2.26. The Morgan fingerprint density at radius 3 is 2.00 bits per heavy atom. The summed E-state index contributed by atoms with van der Waals surface area (Å²) in [5, 5.41) is 2.56. The Bertz CT molecular complexity index is 464. The van der Waals surface area contributed by atoms with E-state index < -0.39 is 12.0 Å². The van der Waals surface area contributed by atoms with Crippen LogP contribution in [0.3, 0.4) is 0 Å². The molecule has 1 amide bonds. The normalized spacial score (nSPS) is 11.5. The van der Waals surface area contributed by atoms with Gasteiger partial charge in [0, 0.05) is 13.8 Å². The molecule has 1 N–H and O–H groups in total. The minimum atomic E-state index is -0.672. The lowest BCUT2D eigenvalue weighted by Gasteiger charge is -2.15. The van der Waals surface area contributed by atoms with Gasteiger partial charge in [0.05, 0.1) is 0 Å². The van der Waals surface area contributed by atoms with Crippen LogP contribution in [0, 0.1) is 0 Å². The van der Waals surface area contributed by atoms with E-state index in [0.29, 0.717) is 11.3 Å². The molecule has 0 spiro atoms. The Labute approximate surface area is 105 Å². The maximum atomic E-state index is 11.4. The lowest BCUT2D eigenvalue weighted by Crippen LogP contribution is -2.30. The first kappa shape index (κ1) is 13.9. The van der Waals surface area contributed by atoms with E-state index in [1.165, 1.54) is 20.8 Å². The number of hydrogen-bond donors (Lipinski definition) is 1. The summed E-state index contributed by atoms with van der Waals surface area (Å²) in [7, 11) is 0. The number of Topliss-reactive ketones (excluding diaryl/α,β-unsaturated/α-hetero) is 1. The molecule has 18 heavy (non-hydrogen) atoms.